The third kappa shape index (κ3) is 2.00. The zero-order chi connectivity index (χ0) is 15.3. The van der Waals surface area contributed by atoms with E-state index in [1.165, 1.54) is 4.90 Å². The minimum atomic E-state index is -0.308. The number of urea groups is 2. The Labute approximate surface area is 127 Å². The molecular weight excluding hydrogens is 284 g/mol. The Morgan fingerprint density at radius 1 is 1.18 bits per heavy atom. The number of hydrogen-bond donors (Lipinski definition) is 1. The molecule has 7 heteroatoms. The van der Waals surface area contributed by atoms with Gasteiger partial charge >= 0.3 is 12.1 Å². The lowest BCUT2D eigenvalue weighted by atomic mass is 9.83. The monoisotopic (exact) mass is 302 g/mol. The van der Waals surface area contributed by atoms with Crippen LogP contribution in [0, 0.1) is 5.92 Å². The topological polar surface area (TPSA) is 74.7 Å². The van der Waals surface area contributed by atoms with Crippen molar-refractivity contribution in [3.05, 3.63) is 34.2 Å². The molecule has 0 unspecified atom stereocenters. The van der Waals surface area contributed by atoms with Crippen molar-refractivity contribution in [3.63, 3.8) is 0 Å². The van der Waals surface area contributed by atoms with Gasteiger partial charge in [0.1, 0.15) is 0 Å². The molecule has 0 aliphatic carbocycles. The molecule has 3 aliphatic heterocycles. The largest absolute Gasteiger partial charge is 0.336 e. The number of carbonyl (C=O) groups is 2. The number of likely N-dealkylation sites (tertiary alicyclic amines) is 1. The van der Waals surface area contributed by atoms with E-state index >= 15 is 0 Å². The predicted molar refractivity (Wildman–Crippen MR) is 78.6 cm³/mol. The molecule has 0 saturated carbocycles. The second-order valence-corrected chi connectivity index (χ2v) is 6.27. The van der Waals surface area contributed by atoms with Crippen molar-refractivity contribution < 1.29 is 9.59 Å². The normalized spacial score (nSPS) is 26.6. The predicted octanol–water partition coefficient (Wildman–Crippen LogP) is 0.413. The van der Waals surface area contributed by atoms with Crippen molar-refractivity contribution in [1.82, 2.24) is 19.7 Å². The van der Waals surface area contributed by atoms with Gasteiger partial charge in [0.2, 0.25) is 0 Å². The van der Waals surface area contributed by atoms with Crippen molar-refractivity contribution >= 4 is 12.1 Å². The van der Waals surface area contributed by atoms with Gasteiger partial charge in [-0.25, -0.2) is 14.5 Å². The maximum Gasteiger partial charge on any atom is 0.328 e. The Balaban J connectivity index is 1.60. The Morgan fingerprint density at radius 3 is 2.82 bits per heavy atom. The van der Waals surface area contributed by atoms with Gasteiger partial charge in [-0.05, 0) is 18.4 Å². The zero-order valence-corrected chi connectivity index (χ0v) is 12.2. The summed E-state index contributed by atoms with van der Waals surface area (Å²) in [5, 5.41) is 2.66. The fraction of sp³-hybridized carbons (Fsp3) is 0.533. The number of nitrogens with one attached hydrogen (secondary N) is 1. The van der Waals surface area contributed by atoms with E-state index in [0.717, 1.165) is 12.1 Å². The molecule has 4 amide bonds. The Hall–Kier alpha value is -2.31. The van der Waals surface area contributed by atoms with Gasteiger partial charge in [-0.3, -0.25) is 4.79 Å². The van der Waals surface area contributed by atoms with E-state index in [-0.39, 0.29) is 29.5 Å². The quantitative estimate of drug-likeness (QED) is 0.754. The molecule has 7 nitrogen and oxygen atoms in total. The molecule has 1 aromatic rings. The summed E-state index contributed by atoms with van der Waals surface area (Å²) >= 11 is 0. The molecule has 1 aromatic heterocycles. The van der Waals surface area contributed by atoms with Crippen LogP contribution in [0.1, 0.15) is 18.0 Å². The fourth-order valence-electron chi connectivity index (χ4n) is 3.88. The molecule has 0 aromatic carbocycles. The first-order chi connectivity index (χ1) is 10.6. The number of imide groups is 1. The second kappa shape index (κ2) is 4.86. The summed E-state index contributed by atoms with van der Waals surface area (Å²) < 4.78 is 1.84. The minimum Gasteiger partial charge on any atom is -0.336 e. The van der Waals surface area contributed by atoms with Crippen LogP contribution in [0.2, 0.25) is 0 Å². The molecule has 116 valence electrons. The molecule has 2 bridgehead atoms. The Bertz CT molecular complexity index is 698. The molecule has 2 fully saturated rings. The zero-order valence-electron chi connectivity index (χ0n) is 12.2. The highest BCUT2D eigenvalue weighted by Gasteiger charge is 2.39. The molecule has 22 heavy (non-hydrogen) atoms. The molecule has 4 rings (SSSR count). The highest BCUT2D eigenvalue weighted by atomic mass is 16.2. The first kappa shape index (κ1) is 13.4. The van der Waals surface area contributed by atoms with Gasteiger partial charge in [0.25, 0.3) is 5.56 Å². The van der Waals surface area contributed by atoms with Gasteiger partial charge in [0.15, 0.2) is 0 Å². The number of pyridine rings is 1. The highest BCUT2D eigenvalue weighted by Crippen LogP contribution is 2.35. The van der Waals surface area contributed by atoms with E-state index < -0.39 is 0 Å². The second-order valence-electron chi connectivity index (χ2n) is 6.27. The molecular formula is C15H18N4O3. The summed E-state index contributed by atoms with van der Waals surface area (Å²) in [6.45, 7) is 2.78. The van der Waals surface area contributed by atoms with Crippen molar-refractivity contribution in [1.29, 1.82) is 0 Å². The lowest BCUT2D eigenvalue weighted by molar-refractivity contribution is 0.113. The minimum absolute atomic E-state index is 0.0332. The van der Waals surface area contributed by atoms with Crippen molar-refractivity contribution in [2.45, 2.75) is 18.9 Å². The molecule has 3 aliphatic rings. The summed E-state index contributed by atoms with van der Waals surface area (Å²) in [6.07, 6.45) is 0.999. The molecule has 2 saturated heterocycles. The first-order valence-corrected chi connectivity index (χ1v) is 7.67. The lowest BCUT2D eigenvalue weighted by Crippen LogP contribution is -2.53. The summed E-state index contributed by atoms with van der Waals surface area (Å²) in [5.41, 5.74) is 1.04. The fourth-order valence-corrected chi connectivity index (χ4v) is 3.88. The molecule has 4 heterocycles. The third-order valence-corrected chi connectivity index (χ3v) is 4.84. The van der Waals surface area contributed by atoms with Gasteiger partial charge in [-0.1, -0.05) is 6.07 Å². The standard InChI is InChI=1S/C15H18N4O3/c20-13-3-1-2-12-11-6-10(8-19(12)13)7-17(9-11)15(22)18-5-4-16-14(18)21/h1-3,10-11H,4-9H2,(H,16,21)/t10-,11+/m1/s1. The summed E-state index contributed by atoms with van der Waals surface area (Å²) in [7, 11) is 0. The number of nitrogens with zero attached hydrogens (tertiary/aromatic N) is 3. The lowest BCUT2D eigenvalue weighted by Gasteiger charge is -2.43. The Kier molecular flexibility index (Phi) is 2.95. The number of piperidine rings is 1. The number of hydrogen-bond acceptors (Lipinski definition) is 3. The van der Waals surface area contributed by atoms with Crippen LogP contribution in [-0.4, -0.2) is 52.6 Å². The van der Waals surface area contributed by atoms with Crippen LogP contribution in [0.3, 0.4) is 0 Å². The van der Waals surface area contributed by atoms with E-state index in [2.05, 4.69) is 5.32 Å². The average molecular weight is 302 g/mol. The third-order valence-electron chi connectivity index (χ3n) is 4.84. The highest BCUT2D eigenvalue weighted by molar-refractivity contribution is 5.95. The van der Waals surface area contributed by atoms with Gasteiger partial charge in [-0.15, -0.1) is 0 Å². The molecule has 2 atom stereocenters. The van der Waals surface area contributed by atoms with Crippen molar-refractivity contribution in [2.75, 3.05) is 26.2 Å². The van der Waals surface area contributed by atoms with Crippen LogP contribution in [-0.2, 0) is 6.54 Å². The molecule has 0 spiro atoms. The molecule has 1 N–H and O–H groups in total. The number of aromatic nitrogens is 1. The van der Waals surface area contributed by atoms with Gasteiger partial charge in [0.05, 0.1) is 0 Å². The average Bonchev–Trinajstić information content (AvgIpc) is 2.93. The van der Waals surface area contributed by atoms with Crippen LogP contribution >= 0.6 is 0 Å². The molecule has 0 radical (unpaired) electrons. The summed E-state index contributed by atoms with van der Waals surface area (Å²) in [5.74, 6) is 0.456. The number of rotatable bonds is 0. The Morgan fingerprint density at radius 2 is 2.05 bits per heavy atom. The van der Waals surface area contributed by atoms with Crippen LogP contribution < -0.4 is 10.9 Å². The van der Waals surface area contributed by atoms with Crippen molar-refractivity contribution in [3.8, 4) is 0 Å². The van der Waals surface area contributed by atoms with E-state index in [4.69, 9.17) is 0 Å². The van der Waals surface area contributed by atoms with Gasteiger partial charge in [-0.2, -0.15) is 0 Å². The maximum atomic E-state index is 12.5. The SMILES string of the molecule is O=C1NCCN1C(=O)N1C[C@H]2C[C@@H](C1)c1cccc(=O)n1C2. The van der Waals surface area contributed by atoms with E-state index in [1.807, 2.05) is 10.6 Å². The number of amides is 4. The van der Waals surface area contributed by atoms with Crippen LogP contribution in [0.4, 0.5) is 9.59 Å². The van der Waals surface area contributed by atoms with E-state index in [0.29, 0.717) is 32.7 Å². The van der Waals surface area contributed by atoms with Crippen LogP contribution in [0.5, 0.6) is 0 Å². The van der Waals surface area contributed by atoms with Gasteiger partial charge in [0, 0.05) is 50.4 Å². The van der Waals surface area contributed by atoms with Crippen LogP contribution in [0.15, 0.2) is 23.0 Å². The number of carbonyl (C=O) groups excluding carboxylic acids is 2. The van der Waals surface area contributed by atoms with Gasteiger partial charge < -0.3 is 14.8 Å². The van der Waals surface area contributed by atoms with Crippen molar-refractivity contribution in [2.24, 2.45) is 5.92 Å². The first-order valence-electron chi connectivity index (χ1n) is 7.67. The van der Waals surface area contributed by atoms with E-state index in [9.17, 15) is 14.4 Å². The van der Waals surface area contributed by atoms with E-state index in [1.54, 1.807) is 17.0 Å². The van der Waals surface area contributed by atoms with Crippen LogP contribution in [0.25, 0.3) is 0 Å². The maximum absolute atomic E-state index is 12.5. The number of fused-ring (bicyclic) bond motifs is 4. The smallest absolute Gasteiger partial charge is 0.328 e. The summed E-state index contributed by atoms with van der Waals surface area (Å²) in [4.78, 5) is 39.2. The summed E-state index contributed by atoms with van der Waals surface area (Å²) in [6, 6.07) is 4.82.